The van der Waals surface area contributed by atoms with E-state index in [2.05, 4.69) is 10.5 Å². The van der Waals surface area contributed by atoms with Crippen molar-refractivity contribution >= 4 is 24.3 Å². The van der Waals surface area contributed by atoms with Gasteiger partial charge in [-0.2, -0.15) is 3.89 Å². The Labute approximate surface area is 97.1 Å². The molecule has 0 saturated carbocycles. The molecule has 0 aliphatic carbocycles. The highest BCUT2D eigenvalue weighted by molar-refractivity contribution is 7.94. The summed E-state index contributed by atoms with van der Waals surface area (Å²) in [7, 11) is 1.52. The number of benzene rings is 1. The Morgan fingerprint density at radius 2 is 2.25 bits per heavy atom. The van der Waals surface area contributed by atoms with E-state index < -0.39 is 0 Å². The van der Waals surface area contributed by atoms with Crippen LogP contribution in [0, 0.1) is 0 Å². The van der Waals surface area contributed by atoms with E-state index in [0.717, 1.165) is 5.56 Å². The van der Waals surface area contributed by atoms with Crippen LogP contribution in [0.1, 0.15) is 5.56 Å². The third-order valence-electron chi connectivity index (χ3n) is 1.72. The summed E-state index contributed by atoms with van der Waals surface area (Å²) in [6.45, 7) is -0.120. The van der Waals surface area contributed by atoms with Gasteiger partial charge in [0.1, 0.15) is 0 Å². The largest absolute Gasteiger partial charge is 0.386 e. The number of hydrogen-bond donors (Lipinski definition) is 1. The van der Waals surface area contributed by atoms with Crippen LogP contribution in [0.2, 0.25) is 0 Å². The quantitative estimate of drug-likeness (QED) is 0.632. The number of hydrogen-bond acceptors (Lipinski definition) is 4. The number of rotatable bonds is 5. The number of oxime groups is 1. The SMILES string of the molecule is CNC(=O)CO/N=C/c1ccc(SF)cc1. The molecule has 1 aromatic rings. The second-order valence-electron chi connectivity index (χ2n) is 2.83. The lowest BCUT2D eigenvalue weighted by Crippen LogP contribution is -2.22. The van der Waals surface area contributed by atoms with Crippen LogP contribution >= 0.6 is 12.1 Å². The predicted octanol–water partition coefficient (Wildman–Crippen LogP) is 1.76. The molecule has 1 amide bonds. The second-order valence-corrected chi connectivity index (χ2v) is 3.45. The van der Waals surface area contributed by atoms with Gasteiger partial charge in [0.15, 0.2) is 6.61 Å². The number of carbonyl (C=O) groups excluding carboxylic acids is 1. The maximum atomic E-state index is 12.1. The average molecular weight is 242 g/mol. The van der Waals surface area contributed by atoms with Gasteiger partial charge in [-0.25, -0.2) is 0 Å². The summed E-state index contributed by atoms with van der Waals surface area (Å²) in [4.78, 5) is 16.0. The molecule has 1 rings (SSSR count). The fraction of sp³-hybridized carbons (Fsp3) is 0.200. The zero-order chi connectivity index (χ0) is 11.8. The summed E-state index contributed by atoms with van der Waals surface area (Å²) >= 11 is 0.184. The summed E-state index contributed by atoms with van der Waals surface area (Å²) < 4.78 is 12.1. The van der Waals surface area contributed by atoms with Crippen molar-refractivity contribution < 1.29 is 13.5 Å². The van der Waals surface area contributed by atoms with E-state index in [9.17, 15) is 8.68 Å². The molecule has 86 valence electrons. The molecule has 16 heavy (non-hydrogen) atoms. The molecule has 0 heterocycles. The van der Waals surface area contributed by atoms with Crippen molar-refractivity contribution in [3.8, 4) is 0 Å². The van der Waals surface area contributed by atoms with Crippen molar-refractivity contribution in [3.05, 3.63) is 29.8 Å². The molecular weight excluding hydrogens is 231 g/mol. The van der Waals surface area contributed by atoms with Crippen molar-refractivity contribution in [1.82, 2.24) is 5.32 Å². The van der Waals surface area contributed by atoms with E-state index in [1.54, 1.807) is 24.3 Å². The summed E-state index contributed by atoms with van der Waals surface area (Å²) in [5.41, 5.74) is 0.773. The molecule has 0 spiro atoms. The van der Waals surface area contributed by atoms with Gasteiger partial charge in [0.2, 0.25) is 0 Å². The van der Waals surface area contributed by atoms with Gasteiger partial charge in [-0.15, -0.1) is 0 Å². The van der Waals surface area contributed by atoms with Crippen LogP contribution in [0.25, 0.3) is 0 Å². The molecule has 0 aromatic heterocycles. The van der Waals surface area contributed by atoms with Crippen LogP contribution in [0.3, 0.4) is 0 Å². The van der Waals surface area contributed by atoms with Crippen LogP contribution < -0.4 is 5.32 Å². The van der Waals surface area contributed by atoms with Gasteiger partial charge in [-0.3, -0.25) is 4.79 Å². The zero-order valence-corrected chi connectivity index (χ0v) is 9.46. The van der Waals surface area contributed by atoms with E-state index in [-0.39, 0.29) is 24.7 Å². The average Bonchev–Trinajstić information content (AvgIpc) is 2.35. The fourth-order valence-corrected chi connectivity index (χ4v) is 1.11. The number of halogens is 1. The molecule has 6 heteroatoms. The predicted molar refractivity (Wildman–Crippen MR) is 61.0 cm³/mol. The summed E-state index contributed by atoms with van der Waals surface area (Å²) in [5, 5.41) is 6.00. The smallest absolute Gasteiger partial charge is 0.260 e. The highest BCUT2D eigenvalue weighted by Crippen LogP contribution is 2.18. The normalized spacial score (nSPS) is 10.4. The van der Waals surface area contributed by atoms with Gasteiger partial charge < -0.3 is 10.2 Å². The third kappa shape index (κ3) is 4.31. The molecule has 1 N–H and O–H groups in total. The minimum atomic E-state index is -0.249. The third-order valence-corrected chi connectivity index (χ3v) is 2.17. The van der Waals surface area contributed by atoms with Crippen molar-refractivity contribution in [2.45, 2.75) is 4.90 Å². The highest BCUT2D eigenvalue weighted by Gasteiger charge is 1.95. The first-order chi connectivity index (χ1) is 7.76. The first-order valence-electron chi connectivity index (χ1n) is 4.51. The Hall–Kier alpha value is -1.56. The minimum Gasteiger partial charge on any atom is -0.386 e. The fourth-order valence-electron chi connectivity index (χ4n) is 0.872. The van der Waals surface area contributed by atoms with Crippen molar-refractivity contribution in [3.63, 3.8) is 0 Å². The lowest BCUT2D eigenvalue weighted by molar-refractivity contribution is -0.125. The van der Waals surface area contributed by atoms with E-state index in [1.807, 2.05) is 0 Å². The Kier molecular flexibility index (Phi) is 5.35. The molecule has 0 saturated heterocycles. The molecule has 4 nitrogen and oxygen atoms in total. The maximum Gasteiger partial charge on any atom is 0.260 e. The summed E-state index contributed by atoms with van der Waals surface area (Å²) in [6.07, 6.45) is 1.45. The van der Waals surface area contributed by atoms with Gasteiger partial charge in [-0.1, -0.05) is 17.3 Å². The molecule has 0 aliphatic heterocycles. The Bertz CT molecular complexity index is 368. The molecular formula is C10H11FN2O2S. The lowest BCUT2D eigenvalue weighted by atomic mass is 10.2. The lowest BCUT2D eigenvalue weighted by Gasteiger charge is -1.97. The van der Waals surface area contributed by atoms with Crippen LogP contribution in [-0.2, 0) is 9.63 Å². The number of amides is 1. The first kappa shape index (κ1) is 12.5. The highest BCUT2D eigenvalue weighted by atomic mass is 32.2. The molecule has 0 radical (unpaired) electrons. The van der Waals surface area contributed by atoms with E-state index in [0.29, 0.717) is 4.90 Å². The number of carbonyl (C=O) groups is 1. The Morgan fingerprint density at radius 1 is 1.56 bits per heavy atom. The zero-order valence-electron chi connectivity index (χ0n) is 8.64. The van der Waals surface area contributed by atoms with Gasteiger partial charge in [0, 0.05) is 11.9 Å². The molecule has 0 fully saturated rings. The number of nitrogens with one attached hydrogen (secondary N) is 1. The standard InChI is InChI=1S/C10H11FN2O2S/c1-12-10(14)7-15-13-6-8-2-4-9(16-11)5-3-8/h2-6H,7H2,1H3,(H,12,14)/b13-6+. The summed E-state index contributed by atoms with van der Waals surface area (Å²) in [5.74, 6) is -0.249. The van der Waals surface area contributed by atoms with E-state index in [1.165, 1.54) is 13.3 Å². The van der Waals surface area contributed by atoms with Crippen molar-refractivity contribution in [1.29, 1.82) is 0 Å². The molecule has 0 atom stereocenters. The Balaban J connectivity index is 2.40. The molecule has 0 aliphatic rings. The minimum absolute atomic E-state index is 0.120. The van der Waals surface area contributed by atoms with Crippen LogP contribution in [0.5, 0.6) is 0 Å². The summed E-state index contributed by atoms with van der Waals surface area (Å²) in [6, 6.07) is 6.67. The monoisotopic (exact) mass is 242 g/mol. The Morgan fingerprint density at radius 3 is 2.81 bits per heavy atom. The molecule has 0 bridgehead atoms. The topological polar surface area (TPSA) is 50.7 Å². The van der Waals surface area contributed by atoms with Gasteiger partial charge in [0.05, 0.1) is 18.4 Å². The maximum absolute atomic E-state index is 12.1. The van der Waals surface area contributed by atoms with Crippen LogP contribution in [0.4, 0.5) is 3.89 Å². The van der Waals surface area contributed by atoms with Crippen LogP contribution in [-0.4, -0.2) is 25.8 Å². The van der Waals surface area contributed by atoms with Gasteiger partial charge in [0.25, 0.3) is 5.91 Å². The molecule has 1 aromatic carbocycles. The first-order valence-corrected chi connectivity index (χ1v) is 5.22. The van der Waals surface area contributed by atoms with E-state index in [4.69, 9.17) is 4.84 Å². The van der Waals surface area contributed by atoms with Gasteiger partial charge >= 0.3 is 0 Å². The number of nitrogens with zero attached hydrogens (tertiary/aromatic N) is 1. The van der Waals surface area contributed by atoms with E-state index >= 15 is 0 Å². The van der Waals surface area contributed by atoms with Crippen molar-refractivity contribution in [2.24, 2.45) is 5.16 Å². The molecule has 0 unspecified atom stereocenters. The second kappa shape index (κ2) is 6.84. The van der Waals surface area contributed by atoms with Crippen molar-refractivity contribution in [2.75, 3.05) is 13.7 Å². The number of likely N-dealkylation sites (N-methyl/N-ethyl adjacent to an activating group) is 1. The van der Waals surface area contributed by atoms with Gasteiger partial charge in [-0.05, 0) is 17.7 Å². The van der Waals surface area contributed by atoms with Crippen LogP contribution in [0.15, 0.2) is 34.3 Å².